The third kappa shape index (κ3) is 15.7. The third-order valence-corrected chi connectivity index (χ3v) is 3.13. The average Bonchev–Trinajstić information content (AvgIpc) is 2.39. The zero-order valence-corrected chi connectivity index (χ0v) is 14.7. The molecule has 0 radical (unpaired) electrons. The molecule has 122 valence electrons. The van der Waals surface area contributed by atoms with Gasteiger partial charge in [-0.2, -0.15) is 0 Å². The SMILES string of the molecule is C=CC.CCCCCCCCCC(C)(OCC)OCC. The lowest BCUT2D eigenvalue weighted by Gasteiger charge is -2.29. The second-order valence-corrected chi connectivity index (χ2v) is 5.28. The van der Waals surface area contributed by atoms with Crippen LogP contribution in [0.15, 0.2) is 12.7 Å². The minimum absolute atomic E-state index is 0.354. The highest BCUT2D eigenvalue weighted by Gasteiger charge is 2.23. The Morgan fingerprint density at radius 1 is 0.850 bits per heavy atom. The fourth-order valence-electron chi connectivity index (χ4n) is 2.20. The second kappa shape index (κ2) is 16.7. The van der Waals surface area contributed by atoms with Crippen molar-refractivity contribution in [3.8, 4) is 0 Å². The van der Waals surface area contributed by atoms with Crippen molar-refractivity contribution < 1.29 is 9.47 Å². The fourth-order valence-corrected chi connectivity index (χ4v) is 2.20. The van der Waals surface area contributed by atoms with Crippen molar-refractivity contribution in [3.63, 3.8) is 0 Å². The molecule has 0 aliphatic rings. The van der Waals surface area contributed by atoms with Crippen LogP contribution in [0, 0.1) is 0 Å². The minimum Gasteiger partial charge on any atom is -0.351 e. The van der Waals surface area contributed by atoms with Crippen LogP contribution >= 0.6 is 0 Å². The number of hydrogen-bond donors (Lipinski definition) is 0. The Kier molecular flexibility index (Phi) is 18.3. The maximum absolute atomic E-state index is 5.69. The van der Waals surface area contributed by atoms with Crippen molar-refractivity contribution in [3.05, 3.63) is 12.7 Å². The lowest BCUT2D eigenvalue weighted by Crippen LogP contribution is -2.32. The minimum atomic E-state index is -0.354. The number of unbranched alkanes of at least 4 members (excludes halogenated alkanes) is 6. The van der Waals surface area contributed by atoms with Crippen LogP contribution in [0.3, 0.4) is 0 Å². The molecule has 0 fully saturated rings. The summed E-state index contributed by atoms with van der Waals surface area (Å²) in [5.41, 5.74) is 0. The molecule has 0 amide bonds. The molecule has 0 aromatic carbocycles. The predicted octanol–water partition coefficient (Wildman–Crippen LogP) is 6.11. The highest BCUT2D eigenvalue weighted by atomic mass is 16.7. The largest absolute Gasteiger partial charge is 0.351 e. The number of allylic oxidation sites excluding steroid dienone is 1. The van der Waals surface area contributed by atoms with Crippen LogP contribution in [0.2, 0.25) is 0 Å². The Balaban J connectivity index is 0. The third-order valence-electron chi connectivity index (χ3n) is 3.13. The van der Waals surface area contributed by atoms with Gasteiger partial charge in [0, 0.05) is 19.6 Å². The quantitative estimate of drug-likeness (QED) is 0.245. The van der Waals surface area contributed by atoms with E-state index in [0.717, 1.165) is 19.6 Å². The normalized spacial score (nSPS) is 10.8. The monoisotopic (exact) mass is 286 g/mol. The number of rotatable bonds is 12. The van der Waals surface area contributed by atoms with Crippen molar-refractivity contribution in [1.82, 2.24) is 0 Å². The molecule has 20 heavy (non-hydrogen) atoms. The van der Waals surface area contributed by atoms with E-state index in [9.17, 15) is 0 Å². The van der Waals surface area contributed by atoms with Crippen LogP contribution in [0.1, 0.15) is 86.0 Å². The Labute approximate surface area is 127 Å². The summed E-state index contributed by atoms with van der Waals surface area (Å²) in [6, 6.07) is 0. The molecule has 0 unspecified atom stereocenters. The summed E-state index contributed by atoms with van der Waals surface area (Å²) in [7, 11) is 0. The van der Waals surface area contributed by atoms with Gasteiger partial charge in [0.05, 0.1) is 0 Å². The molecule has 2 heteroatoms. The average molecular weight is 286 g/mol. The van der Waals surface area contributed by atoms with E-state index < -0.39 is 0 Å². The van der Waals surface area contributed by atoms with Crippen LogP contribution in [0.25, 0.3) is 0 Å². The lowest BCUT2D eigenvalue weighted by molar-refractivity contribution is -0.225. The molecule has 0 saturated heterocycles. The molecule has 0 aliphatic carbocycles. The van der Waals surface area contributed by atoms with Crippen molar-refractivity contribution in [2.75, 3.05) is 13.2 Å². The van der Waals surface area contributed by atoms with Gasteiger partial charge in [0.15, 0.2) is 5.79 Å². The smallest absolute Gasteiger partial charge is 0.165 e. The van der Waals surface area contributed by atoms with Gasteiger partial charge in [-0.3, -0.25) is 0 Å². The summed E-state index contributed by atoms with van der Waals surface area (Å²) in [5, 5.41) is 0. The first kappa shape index (κ1) is 21.9. The van der Waals surface area contributed by atoms with E-state index in [1.807, 2.05) is 20.8 Å². The first-order chi connectivity index (χ1) is 9.60. The number of hydrogen-bond acceptors (Lipinski definition) is 2. The van der Waals surface area contributed by atoms with Gasteiger partial charge in [-0.15, -0.1) is 6.58 Å². The van der Waals surface area contributed by atoms with Gasteiger partial charge in [0.2, 0.25) is 0 Å². The van der Waals surface area contributed by atoms with E-state index in [1.54, 1.807) is 6.08 Å². The van der Waals surface area contributed by atoms with Gasteiger partial charge >= 0.3 is 0 Å². The molecule has 0 aromatic rings. The van der Waals surface area contributed by atoms with Gasteiger partial charge in [-0.25, -0.2) is 0 Å². The van der Waals surface area contributed by atoms with Crippen molar-refractivity contribution in [1.29, 1.82) is 0 Å². The molecular weight excluding hydrogens is 248 g/mol. The Morgan fingerprint density at radius 3 is 1.65 bits per heavy atom. The first-order valence-corrected chi connectivity index (χ1v) is 8.45. The van der Waals surface area contributed by atoms with Crippen LogP contribution < -0.4 is 0 Å². The second-order valence-electron chi connectivity index (χ2n) is 5.28. The fraction of sp³-hybridized carbons (Fsp3) is 0.889. The van der Waals surface area contributed by atoms with Crippen LogP contribution in [0.4, 0.5) is 0 Å². The molecule has 0 aromatic heterocycles. The van der Waals surface area contributed by atoms with Crippen LogP contribution in [-0.4, -0.2) is 19.0 Å². The molecule has 0 atom stereocenters. The van der Waals surface area contributed by atoms with Crippen molar-refractivity contribution in [2.45, 2.75) is 91.8 Å². The first-order valence-electron chi connectivity index (χ1n) is 8.45. The van der Waals surface area contributed by atoms with Gasteiger partial charge in [0.25, 0.3) is 0 Å². The zero-order chi connectivity index (χ0) is 15.7. The molecule has 0 aliphatic heterocycles. The summed E-state index contributed by atoms with van der Waals surface area (Å²) in [6.07, 6.45) is 12.1. The van der Waals surface area contributed by atoms with Gasteiger partial charge in [-0.1, -0.05) is 51.5 Å². The summed E-state index contributed by atoms with van der Waals surface area (Å²) in [4.78, 5) is 0. The predicted molar refractivity (Wildman–Crippen MR) is 90.1 cm³/mol. The van der Waals surface area contributed by atoms with Crippen molar-refractivity contribution >= 4 is 0 Å². The Bertz CT molecular complexity index is 184. The molecule has 0 spiro atoms. The van der Waals surface area contributed by atoms with E-state index >= 15 is 0 Å². The topological polar surface area (TPSA) is 18.5 Å². The van der Waals surface area contributed by atoms with Gasteiger partial charge < -0.3 is 9.47 Å². The maximum atomic E-state index is 5.69. The summed E-state index contributed by atoms with van der Waals surface area (Å²) in [5.74, 6) is -0.354. The van der Waals surface area contributed by atoms with Gasteiger partial charge in [-0.05, 0) is 34.1 Å². The Morgan fingerprint density at radius 2 is 1.25 bits per heavy atom. The van der Waals surface area contributed by atoms with E-state index in [-0.39, 0.29) is 5.79 Å². The molecule has 0 N–H and O–H groups in total. The highest BCUT2D eigenvalue weighted by molar-refractivity contribution is 4.63. The summed E-state index contributed by atoms with van der Waals surface area (Å²) < 4.78 is 11.4. The van der Waals surface area contributed by atoms with E-state index in [2.05, 4.69) is 20.4 Å². The standard InChI is InChI=1S/C15H32O2.C3H6/c1-5-8-9-10-11-12-13-14-15(4,16-6-2)17-7-3;1-3-2/h5-14H2,1-4H3;3H,1H2,2H3. The van der Waals surface area contributed by atoms with Crippen LogP contribution in [-0.2, 0) is 9.47 Å². The van der Waals surface area contributed by atoms with E-state index in [4.69, 9.17) is 9.47 Å². The van der Waals surface area contributed by atoms with Crippen LogP contribution in [0.5, 0.6) is 0 Å². The molecule has 0 bridgehead atoms. The van der Waals surface area contributed by atoms with E-state index in [0.29, 0.717) is 0 Å². The molecular formula is C18H38O2. The lowest BCUT2D eigenvalue weighted by atomic mass is 10.1. The summed E-state index contributed by atoms with van der Waals surface area (Å²) >= 11 is 0. The Hall–Kier alpha value is -0.340. The molecule has 0 rings (SSSR count). The van der Waals surface area contributed by atoms with Gasteiger partial charge in [0.1, 0.15) is 0 Å². The van der Waals surface area contributed by atoms with E-state index in [1.165, 1.54) is 44.9 Å². The molecule has 0 heterocycles. The van der Waals surface area contributed by atoms with Crippen molar-refractivity contribution in [2.24, 2.45) is 0 Å². The number of ether oxygens (including phenoxy) is 2. The summed E-state index contributed by atoms with van der Waals surface area (Å²) in [6.45, 7) is 15.1. The molecule has 2 nitrogen and oxygen atoms in total. The maximum Gasteiger partial charge on any atom is 0.165 e. The molecule has 0 saturated carbocycles. The zero-order valence-electron chi connectivity index (χ0n) is 14.7. The highest BCUT2D eigenvalue weighted by Crippen LogP contribution is 2.21.